The Morgan fingerprint density at radius 2 is 1.67 bits per heavy atom. The second-order valence-electron chi connectivity index (χ2n) is 6.60. The van der Waals surface area contributed by atoms with Gasteiger partial charge >= 0.3 is 17.8 Å². The first kappa shape index (κ1) is 18.6. The summed E-state index contributed by atoms with van der Waals surface area (Å²) in [4.78, 5) is 61.8. The highest BCUT2D eigenvalue weighted by molar-refractivity contribution is 6.45. The maximum atomic E-state index is 12.5. The number of nitrogens with one attached hydrogen (secondary N) is 2. The third kappa shape index (κ3) is 3.97. The van der Waals surface area contributed by atoms with Crippen molar-refractivity contribution in [2.45, 2.75) is 38.6 Å². The van der Waals surface area contributed by atoms with Crippen LogP contribution < -0.4 is 10.6 Å². The number of rotatable bonds is 5. The first-order chi connectivity index (χ1) is 12.9. The number of imide groups is 2. The van der Waals surface area contributed by atoms with Crippen LogP contribution in [0.2, 0.25) is 0 Å². The zero-order valence-electron chi connectivity index (χ0n) is 14.9. The van der Waals surface area contributed by atoms with E-state index in [1.54, 1.807) is 24.3 Å². The number of hydrogen-bond donors (Lipinski definition) is 2. The van der Waals surface area contributed by atoms with Crippen LogP contribution in [0.1, 0.15) is 32.6 Å². The molecule has 0 atom stereocenters. The standard InChI is InChI=1S/C18H20N4O5/c1-11(23)19-12-5-4-6-13(9-12)20-15(24)10-21-16(25)17(26)22(18(21)27)14-7-2-3-8-14/h4-6,9,14H,2-3,7-8,10H2,1H3,(H,19,23)(H,20,24). The Morgan fingerprint density at radius 3 is 2.30 bits per heavy atom. The number of carbonyl (C=O) groups excluding carboxylic acids is 5. The molecule has 2 N–H and O–H groups in total. The molecule has 2 fully saturated rings. The van der Waals surface area contributed by atoms with Crippen LogP contribution in [0.15, 0.2) is 24.3 Å². The van der Waals surface area contributed by atoms with E-state index in [0.29, 0.717) is 29.1 Å². The molecule has 0 radical (unpaired) electrons. The van der Waals surface area contributed by atoms with Crippen molar-refractivity contribution < 1.29 is 24.0 Å². The predicted molar refractivity (Wildman–Crippen MR) is 95.6 cm³/mol. The van der Waals surface area contributed by atoms with E-state index in [1.807, 2.05) is 0 Å². The summed E-state index contributed by atoms with van der Waals surface area (Å²) in [6, 6.07) is 5.44. The molecule has 9 nitrogen and oxygen atoms in total. The summed E-state index contributed by atoms with van der Waals surface area (Å²) in [5.41, 5.74) is 0.889. The van der Waals surface area contributed by atoms with Crippen molar-refractivity contribution in [2.75, 3.05) is 17.2 Å². The summed E-state index contributed by atoms with van der Waals surface area (Å²) >= 11 is 0. The summed E-state index contributed by atoms with van der Waals surface area (Å²) in [5.74, 6) is -2.71. The SMILES string of the molecule is CC(=O)Nc1cccc(NC(=O)CN2C(=O)C(=O)N(C3CCCC3)C2=O)c1. The average molecular weight is 372 g/mol. The van der Waals surface area contributed by atoms with E-state index in [-0.39, 0.29) is 11.9 Å². The Bertz CT molecular complexity index is 816. The topological polar surface area (TPSA) is 116 Å². The van der Waals surface area contributed by atoms with Crippen LogP contribution in [-0.2, 0) is 19.2 Å². The molecule has 2 aliphatic rings. The fraction of sp³-hybridized carbons (Fsp3) is 0.389. The van der Waals surface area contributed by atoms with Crippen LogP contribution in [0.4, 0.5) is 16.2 Å². The summed E-state index contributed by atoms with van der Waals surface area (Å²) in [5, 5.41) is 5.14. The highest BCUT2D eigenvalue weighted by Gasteiger charge is 2.48. The summed E-state index contributed by atoms with van der Waals surface area (Å²) in [6.07, 6.45) is 3.17. The first-order valence-electron chi connectivity index (χ1n) is 8.73. The van der Waals surface area contributed by atoms with Gasteiger partial charge < -0.3 is 10.6 Å². The smallest absolute Gasteiger partial charge is 0.326 e. The van der Waals surface area contributed by atoms with E-state index in [0.717, 1.165) is 17.7 Å². The van der Waals surface area contributed by atoms with Crippen LogP contribution in [0.3, 0.4) is 0 Å². The van der Waals surface area contributed by atoms with Crippen LogP contribution in [-0.4, -0.2) is 52.0 Å². The van der Waals surface area contributed by atoms with Gasteiger partial charge in [-0.2, -0.15) is 0 Å². The van der Waals surface area contributed by atoms with Gasteiger partial charge in [0, 0.05) is 24.3 Å². The monoisotopic (exact) mass is 372 g/mol. The summed E-state index contributed by atoms with van der Waals surface area (Å²) in [6.45, 7) is 0.819. The average Bonchev–Trinajstić information content (AvgIpc) is 3.18. The van der Waals surface area contributed by atoms with E-state index in [2.05, 4.69) is 10.6 Å². The van der Waals surface area contributed by atoms with E-state index < -0.39 is 30.3 Å². The minimum atomic E-state index is -0.978. The molecule has 1 saturated carbocycles. The molecule has 3 rings (SSSR count). The normalized spacial score (nSPS) is 17.6. The minimum absolute atomic E-state index is 0.253. The van der Waals surface area contributed by atoms with E-state index >= 15 is 0 Å². The van der Waals surface area contributed by atoms with Gasteiger partial charge in [0.05, 0.1) is 0 Å². The van der Waals surface area contributed by atoms with E-state index in [9.17, 15) is 24.0 Å². The van der Waals surface area contributed by atoms with Gasteiger partial charge in [0.1, 0.15) is 6.54 Å². The van der Waals surface area contributed by atoms with Gasteiger partial charge in [-0.25, -0.2) is 9.69 Å². The molecule has 27 heavy (non-hydrogen) atoms. The number of benzene rings is 1. The molecule has 0 bridgehead atoms. The lowest BCUT2D eigenvalue weighted by molar-refractivity contribution is -0.144. The summed E-state index contributed by atoms with van der Waals surface area (Å²) < 4.78 is 0. The number of anilines is 2. The van der Waals surface area contributed by atoms with Gasteiger partial charge in [0.15, 0.2) is 0 Å². The Labute approximate surface area is 155 Å². The molecule has 1 saturated heterocycles. The number of amides is 6. The van der Waals surface area contributed by atoms with Gasteiger partial charge in [-0.15, -0.1) is 0 Å². The van der Waals surface area contributed by atoms with Gasteiger partial charge in [0.25, 0.3) is 0 Å². The Hall–Kier alpha value is -3.23. The quantitative estimate of drug-likeness (QED) is 0.597. The Morgan fingerprint density at radius 1 is 1.04 bits per heavy atom. The largest absolute Gasteiger partial charge is 0.334 e. The fourth-order valence-electron chi connectivity index (χ4n) is 3.37. The molecular formula is C18H20N4O5. The van der Waals surface area contributed by atoms with Gasteiger partial charge in [0.2, 0.25) is 11.8 Å². The van der Waals surface area contributed by atoms with Crippen molar-refractivity contribution in [3.05, 3.63) is 24.3 Å². The third-order valence-electron chi connectivity index (χ3n) is 4.54. The second-order valence-corrected chi connectivity index (χ2v) is 6.60. The van der Waals surface area contributed by atoms with Gasteiger partial charge in [-0.05, 0) is 31.0 Å². The lowest BCUT2D eigenvalue weighted by Gasteiger charge is -2.20. The van der Waals surface area contributed by atoms with Gasteiger partial charge in [-0.1, -0.05) is 18.9 Å². The minimum Gasteiger partial charge on any atom is -0.326 e. The molecular weight excluding hydrogens is 352 g/mol. The molecule has 1 aromatic rings. The van der Waals surface area contributed by atoms with E-state index in [4.69, 9.17) is 0 Å². The molecule has 1 heterocycles. The molecule has 1 aliphatic carbocycles. The fourth-order valence-corrected chi connectivity index (χ4v) is 3.37. The predicted octanol–water partition coefficient (Wildman–Crippen LogP) is 1.32. The van der Waals surface area contributed by atoms with Crippen molar-refractivity contribution in [1.29, 1.82) is 0 Å². The van der Waals surface area contributed by atoms with Crippen molar-refractivity contribution >= 4 is 41.0 Å². The van der Waals surface area contributed by atoms with E-state index in [1.165, 1.54) is 6.92 Å². The molecule has 0 spiro atoms. The van der Waals surface area contributed by atoms with Crippen molar-refractivity contribution in [3.8, 4) is 0 Å². The first-order valence-corrected chi connectivity index (χ1v) is 8.73. The number of urea groups is 1. The van der Waals surface area contributed by atoms with Gasteiger partial charge in [-0.3, -0.25) is 24.1 Å². The summed E-state index contributed by atoms with van der Waals surface area (Å²) in [7, 11) is 0. The Balaban J connectivity index is 1.65. The Kier molecular flexibility index (Phi) is 5.20. The van der Waals surface area contributed by atoms with Crippen LogP contribution in [0.5, 0.6) is 0 Å². The maximum absolute atomic E-state index is 12.5. The molecule has 0 unspecified atom stereocenters. The number of hydrogen-bond acceptors (Lipinski definition) is 5. The van der Waals surface area contributed by atoms with Crippen LogP contribution in [0, 0.1) is 0 Å². The van der Waals surface area contributed by atoms with Crippen LogP contribution >= 0.6 is 0 Å². The van der Waals surface area contributed by atoms with Crippen molar-refractivity contribution in [2.24, 2.45) is 0 Å². The highest BCUT2D eigenvalue weighted by atomic mass is 16.2. The second kappa shape index (κ2) is 7.56. The molecule has 6 amide bonds. The lowest BCUT2D eigenvalue weighted by atomic mass is 10.2. The molecule has 1 aliphatic heterocycles. The zero-order valence-corrected chi connectivity index (χ0v) is 14.9. The number of nitrogens with zero attached hydrogens (tertiary/aromatic N) is 2. The maximum Gasteiger partial charge on any atom is 0.334 e. The highest BCUT2D eigenvalue weighted by Crippen LogP contribution is 2.27. The molecule has 1 aromatic carbocycles. The number of carbonyl (C=O) groups is 5. The zero-order chi connectivity index (χ0) is 19.6. The lowest BCUT2D eigenvalue weighted by Crippen LogP contribution is -2.41. The molecule has 9 heteroatoms. The van der Waals surface area contributed by atoms with Crippen molar-refractivity contribution in [1.82, 2.24) is 9.80 Å². The third-order valence-corrected chi connectivity index (χ3v) is 4.54. The van der Waals surface area contributed by atoms with Crippen molar-refractivity contribution in [3.63, 3.8) is 0 Å². The van der Waals surface area contributed by atoms with Crippen LogP contribution in [0.25, 0.3) is 0 Å². The molecule has 0 aromatic heterocycles. The molecule has 142 valence electrons.